The molecular formula is C16H22O4. The number of hydrogen-bond donors (Lipinski definition) is 0. The average molecular weight is 278 g/mol. The molecule has 20 heavy (non-hydrogen) atoms. The molecule has 1 aromatic rings. The number of ether oxygens (including phenoxy) is 2. The lowest BCUT2D eigenvalue weighted by Gasteiger charge is -2.19. The predicted molar refractivity (Wildman–Crippen MR) is 76.0 cm³/mol. The first-order valence-electron chi connectivity index (χ1n) is 7.06. The molecule has 0 saturated carbocycles. The maximum absolute atomic E-state index is 12.1. The summed E-state index contributed by atoms with van der Waals surface area (Å²) in [5.74, 6) is -1.86. The van der Waals surface area contributed by atoms with E-state index in [1.807, 2.05) is 37.3 Å². The van der Waals surface area contributed by atoms with Crippen molar-refractivity contribution in [2.45, 2.75) is 39.7 Å². The Morgan fingerprint density at radius 1 is 1.00 bits per heavy atom. The van der Waals surface area contributed by atoms with Crippen molar-refractivity contribution in [3.05, 3.63) is 35.9 Å². The molecule has 0 heterocycles. The number of esters is 2. The van der Waals surface area contributed by atoms with Crippen LogP contribution in [-0.4, -0.2) is 18.5 Å². The van der Waals surface area contributed by atoms with Crippen LogP contribution < -0.4 is 0 Å². The van der Waals surface area contributed by atoms with Crippen molar-refractivity contribution in [3.8, 4) is 0 Å². The molecule has 0 aromatic heterocycles. The SMILES string of the molecule is CCOC(=O)C(CC)C(=O)OC(CC)c1ccccc1. The number of benzene rings is 1. The van der Waals surface area contributed by atoms with Gasteiger partial charge in [0.1, 0.15) is 6.10 Å². The minimum absolute atomic E-state index is 0.262. The Morgan fingerprint density at radius 2 is 1.65 bits per heavy atom. The van der Waals surface area contributed by atoms with Gasteiger partial charge < -0.3 is 9.47 Å². The molecule has 0 radical (unpaired) electrons. The highest BCUT2D eigenvalue weighted by Gasteiger charge is 2.29. The lowest BCUT2D eigenvalue weighted by atomic mass is 10.1. The van der Waals surface area contributed by atoms with Gasteiger partial charge in [0.05, 0.1) is 6.61 Å². The zero-order chi connectivity index (χ0) is 15.0. The molecule has 0 aliphatic heterocycles. The van der Waals surface area contributed by atoms with Crippen molar-refractivity contribution in [1.82, 2.24) is 0 Å². The summed E-state index contributed by atoms with van der Waals surface area (Å²) in [7, 11) is 0. The summed E-state index contributed by atoms with van der Waals surface area (Å²) in [5.41, 5.74) is 0.932. The Balaban J connectivity index is 2.73. The third kappa shape index (κ3) is 4.37. The lowest BCUT2D eigenvalue weighted by Crippen LogP contribution is -2.28. The minimum atomic E-state index is -0.840. The summed E-state index contributed by atoms with van der Waals surface area (Å²) in [5, 5.41) is 0. The molecule has 1 rings (SSSR count). The maximum Gasteiger partial charge on any atom is 0.320 e. The Morgan fingerprint density at radius 3 is 2.15 bits per heavy atom. The van der Waals surface area contributed by atoms with Crippen LogP contribution in [0.2, 0.25) is 0 Å². The van der Waals surface area contributed by atoms with Gasteiger partial charge in [-0.25, -0.2) is 0 Å². The smallest absolute Gasteiger partial charge is 0.320 e. The zero-order valence-corrected chi connectivity index (χ0v) is 12.3. The van der Waals surface area contributed by atoms with E-state index < -0.39 is 17.9 Å². The summed E-state index contributed by atoms with van der Waals surface area (Å²) in [6.45, 7) is 5.69. The maximum atomic E-state index is 12.1. The highest BCUT2D eigenvalue weighted by Crippen LogP contribution is 2.23. The molecule has 0 amide bonds. The third-order valence-corrected chi connectivity index (χ3v) is 3.06. The van der Waals surface area contributed by atoms with Gasteiger partial charge in [-0.3, -0.25) is 9.59 Å². The van der Waals surface area contributed by atoms with Crippen LogP contribution in [0.15, 0.2) is 30.3 Å². The topological polar surface area (TPSA) is 52.6 Å². The molecular weight excluding hydrogens is 256 g/mol. The van der Waals surface area contributed by atoms with E-state index in [0.29, 0.717) is 12.8 Å². The van der Waals surface area contributed by atoms with E-state index in [1.165, 1.54) is 0 Å². The fourth-order valence-electron chi connectivity index (χ4n) is 1.95. The van der Waals surface area contributed by atoms with E-state index in [-0.39, 0.29) is 12.7 Å². The standard InChI is InChI=1S/C16H22O4/c1-4-13(15(17)19-6-3)16(18)20-14(5-2)12-10-8-7-9-11-12/h7-11,13-14H,4-6H2,1-3H3. The van der Waals surface area contributed by atoms with Crippen LogP contribution in [0.1, 0.15) is 45.3 Å². The van der Waals surface area contributed by atoms with Crippen LogP contribution >= 0.6 is 0 Å². The van der Waals surface area contributed by atoms with Crippen molar-refractivity contribution in [3.63, 3.8) is 0 Å². The molecule has 0 saturated heterocycles. The van der Waals surface area contributed by atoms with Crippen molar-refractivity contribution < 1.29 is 19.1 Å². The van der Waals surface area contributed by atoms with Gasteiger partial charge in [-0.2, -0.15) is 0 Å². The largest absolute Gasteiger partial charge is 0.465 e. The Kier molecular flexibility index (Phi) is 6.77. The molecule has 0 aliphatic rings. The average Bonchev–Trinajstić information content (AvgIpc) is 2.46. The fourth-order valence-corrected chi connectivity index (χ4v) is 1.95. The van der Waals surface area contributed by atoms with Gasteiger partial charge in [0.25, 0.3) is 0 Å². The molecule has 4 nitrogen and oxygen atoms in total. The first-order valence-corrected chi connectivity index (χ1v) is 7.06. The van der Waals surface area contributed by atoms with Crippen LogP contribution in [-0.2, 0) is 19.1 Å². The summed E-state index contributed by atoms with van der Waals surface area (Å²) in [4.78, 5) is 23.8. The number of hydrogen-bond acceptors (Lipinski definition) is 4. The Bertz CT molecular complexity index is 427. The van der Waals surface area contributed by atoms with E-state index in [2.05, 4.69) is 0 Å². The summed E-state index contributed by atoms with van der Waals surface area (Å²) >= 11 is 0. The normalized spacial score (nSPS) is 13.3. The summed E-state index contributed by atoms with van der Waals surface area (Å²) in [6.07, 6.45) is 0.713. The fraction of sp³-hybridized carbons (Fsp3) is 0.500. The number of carbonyl (C=O) groups excluding carboxylic acids is 2. The molecule has 0 N–H and O–H groups in total. The molecule has 0 bridgehead atoms. The van der Waals surface area contributed by atoms with Gasteiger partial charge in [-0.15, -0.1) is 0 Å². The van der Waals surface area contributed by atoms with Crippen LogP contribution in [0.25, 0.3) is 0 Å². The Labute approximate surface area is 120 Å². The monoisotopic (exact) mass is 278 g/mol. The molecule has 2 atom stereocenters. The highest BCUT2D eigenvalue weighted by molar-refractivity contribution is 5.94. The van der Waals surface area contributed by atoms with E-state index >= 15 is 0 Å². The van der Waals surface area contributed by atoms with Crippen molar-refractivity contribution in [1.29, 1.82) is 0 Å². The molecule has 2 unspecified atom stereocenters. The summed E-state index contributed by atoms with van der Waals surface area (Å²) < 4.78 is 10.4. The first kappa shape index (κ1) is 16.2. The summed E-state index contributed by atoms with van der Waals surface area (Å²) in [6, 6.07) is 9.52. The third-order valence-electron chi connectivity index (χ3n) is 3.06. The van der Waals surface area contributed by atoms with Crippen molar-refractivity contribution in [2.75, 3.05) is 6.61 Å². The van der Waals surface area contributed by atoms with Crippen LogP contribution in [0, 0.1) is 5.92 Å². The minimum Gasteiger partial charge on any atom is -0.465 e. The van der Waals surface area contributed by atoms with Gasteiger partial charge >= 0.3 is 11.9 Å². The lowest BCUT2D eigenvalue weighted by molar-refractivity contribution is -0.165. The van der Waals surface area contributed by atoms with Crippen molar-refractivity contribution in [2.24, 2.45) is 5.92 Å². The quantitative estimate of drug-likeness (QED) is 0.567. The second-order valence-corrected chi connectivity index (χ2v) is 4.46. The molecule has 0 spiro atoms. The van der Waals surface area contributed by atoms with E-state index in [4.69, 9.17) is 9.47 Å². The number of carbonyl (C=O) groups is 2. The predicted octanol–water partition coefficient (Wildman–Crippen LogP) is 3.27. The van der Waals surface area contributed by atoms with Crippen LogP contribution in [0.5, 0.6) is 0 Å². The second kappa shape index (κ2) is 8.35. The second-order valence-electron chi connectivity index (χ2n) is 4.46. The van der Waals surface area contributed by atoms with Crippen molar-refractivity contribution >= 4 is 11.9 Å². The Hall–Kier alpha value is -1.84. The molecule has 110 valence electrons. The molecule has 0 fully saturated rings. The highest BCUT2D eigenvalue weighted by atomic mass is 16.6. The van der Waals surface area contributed by atoms with E-state index in [9.17, 15) is 9.59 Å². The van der Waals surface area contributed by atoms with Gasteiger partial charge in [0.2, 0.25) is 0 Å². The zero-order valence-electron chi connectivity index (χ0n) is 12.3. The van der Waals surface area contributed by atoms with Gasteiger partial charge in [-0.05, 0) is 25.3 Å². The molecule has 0 aliphatic carbocycles. The van der Waals surface area contributed by atoms with Gasteiger partial charge in [-0.1, -0.05) is 44.2 Å². The van der Waals surface area contributed by atoms with Crippen LogP contribution in [0.4, 0.5) is 0 Å². The number of rotatable bonds is 7. The van der Waals surface area contributed by atoms with E-state index in [1.54, 1.807) is 13.8 Å². The molecule has 1 aromatic carbocycles. The first-order chi connectivity index (χ1) is 9.63. The van der Waals surface area contributed by atoms with Crippen LogP contribution in [0.3, 0.4) is 0 Å². The van der Waals surface area contributed by atoms with E-state index in [0.717, 1.165) is 5.56 Å². The van der Waals surface area contributed by atoms with Gasteiger partial charge in [0, 0.05) is 0 Å². The molecule has 4 heteroatoms. The van der Waals surface area contributed by atoms with Gasteiger partial charge in [0.15, 0.2) is 5.92 Å².